The number of ether oxygens (including phenoxy) is 1. The van der Waals surface area contributed by atoms with Crippen molar-refractivity contribution in [1.82, 2.24) is 4.90 Å². The third kappa shape index (κ3) is 3.52. The molecule has 1 aliphatic heterocycles. The van der Waals surface area contributed by atoms with Crippen molar-refractivity contribution in [2.45, 2.75) is 25.9 Å². The molecule has 5 nitrogen and oxygen atoms in total. The van der Waals surface area contributed by atoms with Gasteiger partial charge in [0, 0.05) is 25.2 Å². The minimum atomic E-state index is -0.357. The van der Waals surface area contributed by atoms with E-state index in [-0.39, 0.29) is 10.6 Å². The second-order valence-electron chi connectivity index (χ2n) is 4.65. The van der Waals surface area contributed by atoms with Crippen molar-refractivity contribution in [1.29, 1.82) is 0 Å². The van der Waals surface area contributed by atoms with Crippen LogP contribution in [0.5, 0.6) is 0 Å². The minimum absolute atomic E-state index is 0.124. The van der Waals surface area contributed by atoms with Crippen LogP contribution < -0.4 is 0 Å². The Balaban J connectivity index is 2.14. The van der Waals surface area contributed by atoms with Gasteiger partial charge >= 0.3 is 0 Å². The first-order valence-electron chi connectivity index (χ1n) is 6.36. The van der Waals surface area contributed by atoms with E-state index in [9.17, 15) is 10.1 Å². The molecular formula is C13H17BrN2O3. The van der Waals surface area contributed by atoms with E-state index >= 15 is 0 Å². The zero-order valence-corrected chi connectivity index (χ0v) is 12.4. The molecule has 0 N–H and O–H groups in total. The Morgan fingerprint density at radius 1 is 1.58 bits per heavy atom. The molecular weight excluding hydrogens is 312 g/mol. The normalized spacial score (nSPS) is 20.4. The Morgan fingerprint density at radius 3 is 3.05 bits per heavy atom. The molecule has 104 valence electrons. The van der Waals surface area contributed by atoms with Gasteiger partial charge in [0.2, 0.25) is 0 Å². The molecule has 6 heteroatoms. The highest BCUT2D eigenvalue weighted by atomic mass is 79.9. The molecule has 0 amide bonds. The molecule has 1 aromatic carbocycles. The first-order valence-corrected chi connectivity index (χ1v) is 7.15. The van der Waals surface area contributed by atoms with Gasteiger partial charge in [-0.2, -0.15) is 0 Å². The summed E-state index contributed by atoms with van der Waals surface area (Å²) in [6, 6.07) is 5.72. The number of nitro benzene ring substituents is 1. The summed E-state index contributed by atoms with van der Waals surface area (Å²) < 4.78 is 5.99. The lowest BCUT2D eigenvalue weighted by molar-refractivity contribution is -0.385. The summed E-state index contributed by atoms with van der Waals surface area (Å²) in [6.45, 7) is 5.22. The molecule has 1 atom stereocenters. The lowest BCUT2D eigenvalue weighted by atomic mass is 10.1. The Hall–Kier alpha value is -0.980. The van der Waals surface area contributed by atoms with Gasteiger partial charge in [-0.25, -0.2) is 0 Å². The monoisotopic (exact) mass is 328 g/mol. The zero-order valence-electron chi connectivity index (χ0n) is 10.8. The van der Waals surface area contributed by atoms with Crippen molar-refractivity contribution in [3.05, 3.63) is 38.3 Å². The highest BCUT2D eigenvalue weighted by Crippen LogP contribution is 2.26. The Morgan fingerprint density at radius 2 is 2.37 bits per heavy atom. The summed E-state index contributed by atoms with van der Waals surface area (Å²) >= 11 is 3.21. The van der Waals surface area contributed by atoms with E-state index in [0.717, 1.165) is 38.3 Å². The van der Waals surface area contributed by atoms with Crippen molar-refractivity contribution >= 4 is 21.6 Å². The molecule has 0 aromatic heterocycles. The number of rotatable bonds is 4. The summed E-state index contributed by atoms with van der Waals surface area (Å²) in [5.41, 5.74) is 1.09. The van der Waals surface area contributed by atoms with Crippen LogP contribution in [0.1, 0.15) is 18.9 Å². The zero-order chi connectivity index (χ0) is 13.8. The van der Waals surface area contributed by atoms with Crippen molar-refractivity contribution in [2.75, 3.05) is 19.8 Å². The SMILES string of the molecule is CCC1COCCN1Cc1ccc(Br)c([N+](=O)[O-])c1. The van der Waals surface area contributed by atoms with Crippen LogP contribution in [-0.2, 0) is 11.3 Å². The van der Waals surface area contributed by atoms with Gasteiger partial charge in [0.25, 0.3) is 5.69 Å². The van der Waals surface area contributed by atoms with E-state index in [0.29, 0.717) is 10.5 Å². The fraction of sp³-hybridized carbons (Fsp3) is 0.538. The number of hydrogen-bond donors (Lipinski definition) is 0. The smallest absolute Gasteiger partial charge is 0.283 e. The number of hydrogen-bond acceptors (Lipinski definition) is 4. The summed E-state index contributed by atoms with van der Waals surface area (Å²) in [6.07, 6.45) is 1.03. The van der Waals surface area contributed by atoms with E-state index in [4.69, 9.17) is 4.74 Å². The molecule has 1 aromatic rings. The molecule has 0 radical (unpaired) electrons. The van der Waals surface area contributed by atoms with Crippen LogP contribution >= 0.6 is 15.9 Å². The molecule has 0 spiro atoms. The molecule has 1 saturated heterocycles. The summed E-state index contributed by atoms with van der Waals surface area (Å²) in [7, 11) is 0. The van der Waals surface area contributed by atoms with Crippen molar-refractivity contribution in [3.8, 4) is 0 Å². The molecule has 0 aliphatic carbocycles. The van der Waals surface area contributed by atoms with Gasteiger partial charge < -0.3 is 4.74 Å². The van der Waals surface area contributed by atoms with Gasteiger partial charge in [0.05, 0.1) is 22.6 Å². The van der Waals surface area contributed by atoms with Gasteiger partial charge in [-0.1, -0.05) is 13.0 Å². The number of benzene rings is 1. The Kier molecular flexibility index (Phi) is 4.90. The van der Waals surface area contributed by atoms with Crippen molar-refractivity contribution in [3.63, 3.8) is 0 Å². The minimum Gasteiger partial charge on any atom is -0.378 e. The van der Waals surface area contributed by atoms with Crippen LogP contribution in [0.3, 0.4) is 0 Å². The highest BCUT2D eigenvalue weighted by Gasteiger charge is 2.22. The van der Waals surface area contributed by atoms with E-state index in [1.807, 2.05) is 6.07 Å². The predicted octanol–water partition coefficient (Wildman–Crippen LogP) is 2.97. The number of nitro groups is 1. The molecule has 1 aliphatic rings. The molecule has 0 saturated carbocycles. The third-order valence-electron chi connectivity index (χ3n) is 3.41. The van der Waals surface area contributed by atoms with Crippen molar-refractivity contribution in [2.24, 2.45) is 0 Å². The quantitative estimate of drug-likeness (QED) is 0.629. The standard InChI is InChI=1S/C13H17BrN2O3/c1-2-11-9-19-6-5-15(11)8-10-3-4-12(14)13(7-10)16(17)18/h3-4,7,11H,2,5-6,8-9H2,1H3. The number of halogens is 1. The third-order valence-corrected chi connectivity index (χ3v) is 4.08. The molecule has 2 rings (SSSR count). The van der Waals surface area contributed by atoms with E-state index in [1.54, 1.807) is 12.1 Å². The average Bonchev–Trinajstić information content (AvgIpc) is 2.41. The Bertz CT molecular complexity index is 467. The van der Waals surface area contributed by atoms with Gasteiger partial charge in [-0.05, 0) is 34.0 Å². The summed E-state index contributed by atoms with van der Waals surface area (Å²) in [5.74, 6) is 0. The van der Waals surface area contributed by atoms with Crippen LogP contribution in [0, 0.1) is 10.1 Å². The maximum Gasteiger partial charge on any atom is 0.283 e. The topological polar surface area (TPSA) is 55.6 Å². The number of nitrogens with zero attached hydrogens (tertiary/aromatic N) is 2. The lowest BCUT2D eigenvalue weighted by Crippen LogP contribution is -2.44. The fourth-order valence-corrected chi connectivity index (χ4v) is 2.70. The molecule has 1 heterocycles. The maximum atomic E-state index is 10.9. The first kappa shape index (κ1) is 14.4. The van der Waals surface area contributed by atoms with Gasteiger partial charge in [0.15, 0.2) is 0 Å². The van der Waals surface area contributed by atoms with E-state index in [1.165, 1.54) is 0 Å². The van der Waals surface area contributed by atoms with Crippen LogP contribution in [0.2, 0.25) is 0 Å². The lowest BCUT2D eigenvalue weighted by Gasteiger charge is -2.35. The molecule has 1 unspecified atom stereocenters. The summed E-state index contributed by atoms with van der Waals surface area (Å²) in [4.78, 5) is 12.9. The van der Waals surface area contributed by atoms with Crippen LogP contribution in [0.25, 0.3) is 0 Å². The van der Waals surface area contributed by atoms with Gasteiger partial charge in [-0.3, -0.25) is 15.0 Å². The molecule has 0 bridgehead atoms. The molecule has 1 fully saturated rings. The predicted molar refractivity (Wildman–Crippen MR) is 76.1 cm³/mol. The second-order valence-corrected chi connectivity index (χ2v) is 5.50. The van der Waals surface area contributed by atoms with Crippen molar-refractivity contribution < 1.29 is 9.66 Å². The summed E-state index contributed by atoms with van der Waals surface area (Å²) in [5, 5.41) is 10.9. The van der Waals surface area contributed by atoms with Gasteiger partial charge in [-0.15, -0.1) is 0 Å². The highest BCUT2D eigenvalue weighted by molar-refractivity contribution is 9.10. The number of morpholine rings is 1. The van der Waals surface area contributed by atoms with Crippen LogP contribution in [-0.4, -0.2) is 35.6 Å². The average molecular weight is 329 g/mol. The van der Waals surface area contributed by atoms with Crippen LogP contribution in [0.15, 0.2) is 22.7 Å². The van der Waals surface area contributed by atoms with Gasteiger partial charge in [0.1, 0.15) is 0 Å². The Labute approximate surface area is 120 Å². The van der Waals surface area contributed by atoms with Crippen LogP contribution in [0.4, 0.5) is 5.69 Å². The maximum absolute atomic E-state index is 10.9. The fourth-order valence-electron chi connectivity index (χ4n) is 2.30. The first-order chi connectivity index (χ1) is 9.11. The van der Waals surface area contributed by atoms with E-state index in [2.05, 4.69) is 27.8 Å². The van der Waals surface area contributed by atoms with E-state index < -0.39 is 0 Å². The molecule has 19 heavy (non-hydrogen) atoms. The largest absolute Gasteiger partial charge is 0.378 e. The second kappa shape index (κ2) is 6.45.